The van der Waals surface area contributed by atoms with Crippen LogP contribution in [0.5, 0.6) is 5.75 Å². The third-order valence-electron chi connectivity index (χ3n) is 2.72. The van der Waals surface area contributed by atoms with Crippen molar-refractivity contribution in [1.29, 1.82) is 0 Å². The molecule has 0 aromatic heterocycles. The average Bonchev–Trinajstić information content (AvgIpc) is 2.43. The second-order valence-corrected chi connectivity index (χ2v) is 4.31. The van der Waals surface area contributed by atoms with E-state index < -0.39 is 0 Å². The van der Waals surface area contributed by atoms with Gasteiger partial charge in [-0.25, -0.2) is 0 Å². The summed E-state index contributed by atoms with van der Waals surface area (Å²) in [6, 6.07) is 7.79. The van der Waals surface area contributed by atoms with Crippen molar-refractivity contribution in [3.8, 4) is 5.75 Å². The lowest BCUT2D eigenvalue weighted by atomic mass is 10.2. The fraction of sp³-hybridized carbons (Fsp3) is 0.500. The number of aryl methyl sites for hydroxylation is 1. The second-order valence-electron chi connectivity index (χ2n) is 4.31. The maximum absolute atomic E-state index is 11.5. The van der Waals surface area contributed by atoms with Gasteiger partial charge in [0.1, 0.15) is 12.4 Å². The van der Waals surface area contributed by atoms with Crippen LogP contribution in [0.2, 0.25) is 0 Å². The molecule has 0 saturated carbocycles. The van der Waals surface area contributed by atoms with Gasteiger partial charge in [-0.15, -0.1) is 12.4 Å². The molecule has 1 unspecified atom stereocenters. The summed E-state index contributed by atoms with van der Waals surface area (Å²) in [5, 5.41) is 2.76. The zero-order valence-electron chi connectivity index (χ0n) is 11.9. The number of hydrogen-bond acceptors (Lipinski definition) is 4. The van der Waals surface area contributed by atoms with E-state index in [1.165, 1.54) is 5.56 Å². The second kappa shape index (κ2) is 10.5. The first-order valence-electron chi connectivity index (χ1n) is 6.34. The van der Waals surface area contributed by atoms with Gasteiger partial charge in [0.05, 0.1) is 19.1 Å². The number of ether oxygens (including phenoxy) is 2. The van der Waals surface area contributed by atoms with Crippen molar-refractivity contribution in [3.05, 3.63) is 29.8 Å². The Hall–Kier alpha value is -1.30. The minimum absolute atomic E-state index is 0. The summed E-state index contributed by atoms with van der Waals surface area (Å²) in [7, 11) is 1.55. The Kier molecular flexibility index (Phi) is 9.80. The maximum Gasteiger partial charge on any atom is 0.222 e. The minimum atomic E-state index is -0.224. The van der Waals surface area contributed by atoms with Gasteiger partial charge in [0.25, 0.3) is 0 Å². The molecule has 1 aromatic rings. The number of carbonyl (C=O) groups excluding carboxylic acids is 1. The van der Waals surface area contributed by atoms with Gasteiger partial charge in [-0.1, -0.05) is 17.7 Å². The van der Waals surface area contributed by atoms with Crippen molar-refractivity contribution < 1.29 is 14.3 Å². The molecular formula is C14H23ClN2O3. The zero-order chi connectivity index (χ0) is 14.1. The molecule has 0 aliphatic heterocycles. The highest BCUT2D eigenvalue weighted by molar-refractivity contribution is 5.85. The highest BCUT2D eigenvalue weighted by Gasteiger charge is 2.10. The Labute approximate surface area is 126 Å². The molecule has 1 atom stereocenters. The van der Waals surface area contributed by atoms with E-state index in [1.54, 1.807) is 7.11 Å². The van der Waals surface area contributed by atoms with Crippen LogP contribution in [-0.4, -0.2) is 38.8 Å². The van der Waals surface area contributed by atoms with E-state index >= 15 is 0 Å². The van der Waals surface area contributed by atoms with Crippen molar-refractivity contribution in [2.24, 2.45) is 5.73 Å². The van der Waals surface area contributed by atoms with Crippen LogP contribution in [0.15, 0.2) is 24.3 Å². The molecule has 1 amide bonds. The lowest BCUT2D eigenvalue weighted by Gasteiger charge is -2.12. The standard InChI is InChI=1S/C14H22N2O3.ClH/c1-11-3-5-12(6-4-11)19-8-7-16-14(17)9-13(10-15)18-2;/h3-6,13H,7-10,15H2,1-2H3,(H,16,17);1H. The van der Waals surface area contributed by atoms with Crippen LogP contribution in [0.3, 0.4) is 0 Å². The Morgan fingerprint density at radius 1 is 1.35 bits per heavy atom. The quantitative estimate of drug-likeness (QED) is 0.709. The molecule has 0 heterocycles. The molecule has 20 heavy (non-hydrogen) atoms. The Morgan fingerprint density at radius 2 is 2.00 bits per heavy atom. The van der Waals surface area contributed by atoms with E-state index in [4.69, 9.17) is 15.2 Å². The van der Waals surface area contributed by atoms with Crippen molar-refractivity contribution >= 4 is 18.3 Å². The van der Waals surface area contributed by atoms with Crippen molar-refractivity contribution in [2.75, 3.05) is 26.8 Å². The summed E-state index contributed by atoms with van der Waals surface area (Å²) in [5.74, 6) is 0.724. The van der Waals surface area contributed by atoms with Crippen LogP contribution in [0.4, 0.5) is 0 Å². The number of benzene rings is 1. The molecule has 5 nitrogen and oxygen atoms in total. The van der Waals surface area contributed by atoms with Crippen LogP contribution >= 0.6 is 12.4 Å². The SMILES string of the molecule is COC(CN)CC(=O)NCCOc1ccc(C)cc1.Cl. The number of rotatable bonds is 8. The van der Waals surface area contributed by atoms with Gasteiger partial charge >= 0.3 is 0 Å². The Morgan fingerprint density at radius 3 is 2.55 bits per heavy atom. The smallest absolute Gasteiger partial charge is 0.222 e. The highest BCUT2D eigenvalue weighted by Crippen LogP contribution is 2.10. The number of nitrogens with two attached hydrogens (primary N) is 1. The third kappa shape index (κ3) is 7.33. The molecule has 0 aliphatic carbocycles. The molecule has 0 aliphatic rings. The normalized spacial score (nSPS) is 11.3. The van der Waals surface area contributed by atoms with Crippen LogP contribution in [-0.2, 0) is 9.53 Å². The number of amides is 1. The summed E-state index contributed by atoms with van der Waals surface area (Å²) in [6.07, 6.45) is 0.0513. The van der Waals surface area contributed by atoms with Crippen LogP contribution < -0.4 is 15.8 Å². The van der Waals surface area contributed by atoms with Crippen molar-refractivity contribution in [2.45, 2.75) is 19.4 Å². The maximum atomic E-state index is 11.5. The van der Waals surface area contributed by atoms with Gasteiger partial charge in [-0.05, 0) is 19.1 Å². The third-order valence-corrected chi connectivity index (χ3v) is 2.72. The molecule has 6 heteroatoms. The highest BCUT2D eigenvalue weighted by atomic mass is 35.5. The number of carbonyl (C=O) groups is 1. The lowest BCUT2D eigenvalue weighted by Crippen LogP contribution is -2.34. The van der Waals surface area contributed by atoms with Crippen LogP contribution in [0, 0.1) is 6.92 Å². The fourth-order valence-corrected chi connectivity index (χ4v) is 1.54. The summed E-state index contributed by atoms with van der Waals surface area (Å²) in [4.78, 5) is 11.5. The van der Waals surface area contributed by atoms with Crippen molar-refractivity contribution in [1.82, 2.24) is 5.32 Å². The summed E-state index contributed by atoms with van der Waals surface area (Å²) in [5.41, 5.74) is 6.63. The Balaban J connectivity index is 0.00000361. The number of halogens is 1. The minimum Gasteiger partial charge on any atom is -0.492 e. The molecule has 0 saturated heterocycles. The molecular weight excluding hydrogens is 280 g/mol. The fourth-order valence-electron chi connectivity index (χ4n) is 1.54. The number of methoxy groups -OCH3 is 1. The first-order chi connectivity index (χ1) is 9.15. The van der Waals surface area contributed by atoms with Gasteiger partial charge in [0.15, 0.2) is 0 Å². The van der Waals surface area contributed by atoms with Crippen molar-refractivity contribution in [3.63, 3.8) is 0 Å². The molecule has 1 aromatic carbocycles. The molecule has 1 rings (SSSR count). The average molecular weight is 303 g/mol. The van der Waals surface area contributed by atoms with E-state index in [-0.39, 0.29) is 30.8 Å². The number of nitrogens with one attached hydrogen (secondary N) is 1. The lowest BCUT2D eigenvalue weighted by molar-refractivity contribution is -0.123. The van der Waals surface area contributed by atoms with Gasteiger partial charge in [-0.2, -0.15) is 0 Å². The predicted molar refractivity (Wildman–Crippen MR) is 81.4 cm³/mol. The molecule has 0 bridgehead atoms. The molecule has 0 fully saturated rings. The first kappa shape index (κ1) is 18.7. The van der Waals surface area contributed by atoms with Gasteiger partial charge in [-0.3, -0.25) is 4.79 Å². The monoisotopic (exact) mass is 302 g/mol. The van der Waals surface area contributed by atoms with Gasteiger partial charge in [0, 0.05) is 13.7 Å². The first-order valence-corrected chi connectivity index (χ1v) is 6.34. The summed E-state index contributed by atoms with van der Waals surface area (Å²) >= 11 is 0. The molecule has 0 spiro atoms. The zero-order valence-corrected chi connectivity index (χ0v) is 12.7. The molecule has 0 radical (unpaired) electrons. The van der Waals surface area contributed by atoms with E-state index in [9.17, 15) is 4.79 Å². The van der Waals surface area contributed by atoms with E-state index in [1.807, 2.05) is 31.2 Å². The topological polar surface area (TPSA) is 73.6 Å². The summed E-state index contributed by atoms with van der Waals surface area (Å²) in [6.45, 7) is 3.26. The predicted octanol–water partition coefficient (Wildman–Crippen LogP) is 1.28. The summed E-state index contributed by atoms with van der Waals surface area (Å²) < 4.78 is 10.5. The number of hydrogen-bond donors (Lipinski definition) is 2. The molecule has 114 valence electrons. The van der Waals surface area contributed by atoms with E-state index in [0.29, 0.717) is 19.7 Å². The Bertz CT molecular complexity index is 381. The molecule has 3 N–H and O–H groups in total. The van der Waals surface area contributed by atoms with Gasteiger partial charge in [0.2, 0.25) is 5.91 Å². The van der Waals surface area contributed by atoms with Gasteiger partial charge < -0.3 is 20.5 Å². The van der Waals surface area contributed by atoms with E-state index in [2.05, 4.69) is 5.32 Å². The van der Waals surface area contributed by atoms with E-state index in [0.717, 1.165) is 5.75 Å². The largest absolute Gasteiger partial charge is 0.492 e. The van der Waals surface area contributed by atoms with Crippen LogP contribution in [0.1, 0.15) is 12.0 Å². The van der Waals surface area contributed by atoms with Crippen LogP contribution in [0.25, 0.3) is 0 Å².